The molecule has 0 aliphatic heterocycles. The summed E-state index contributed by atoms with van der Waals surface area (Å²) in [6.45, 7) is 10.6. The first-order valence-corrected chi connectivity index (χ1v) is 15.1. The van der Waals surface area contributed by atoms with E-state index in [2.05, 4.69) is 122 Å². The molecule has 0 radical (unpaired) electrons. The van der Waals surface area contributed by atoms with E-state index in [9.17, 15) is 0 Å². The first-order chi connectivity index (χ1) is 20.1. The van der Waals surface area contributed by atoms with Crippen LogP contribution in [0.4, 0.5) is 0 Å². The minimum Gasteiger partial charge on any atom is -0.341 e. The Kier molecular flexibility index (Phi) is 5.35. The highest BCUT2D eigenvalue weighted by Crippen LogP contribution is 2.39. The van der Waals surface area contributed by atoms with E-state index in [4.69, 9.17) is 8.75 Å². The Labute approximate surface area is 242 Å². The summed E-state index contributed by atoms with van der Waals surface area (Å²) < 4.78 is 14.5. The second-order valence-corrected chi connectivity index (χ2v) is 11.6. The normalized spacial score (nSPS) is 12.1. The van der Waals surface area contributed by atoms with Crippen LogP contribution in [0.25, 0.3) is 76.9 Å². The van der Waals surface area contributed by atoms with Gasteiger partial charge < -0.3 is 9.13 Å². The minimum absolute atomic E-state index is 0.927. The van der Waals surface area contributed by atoms with E-state index in [0.29, 0.717) is 0 Å². The number of hydrogen-bond acceptors (Lipinski definition) is 3. The smallest absolute Gasteiger partial charge is 0.113 e. The van der Waals surface area contributed by atoms with Crippen LogP contribution in [-0.4, -0.2) is 17.9 Å². The molecule has 0 aliphatic carbocycles. The van der Waals surface area contributed by atoms with Crippen LogP contribution in [0.5, 0.6) is 0 Å². The lowest BCUT2D eigenvalue weighted by molar-refractivity contribution is 0.827. The largest absolute Gasteiger partial charge is 0.341 e. The van der Waals surface area contributed by atoms with Gasteiger partial charge in [-0.2, -0.15) is 8.75 Å². The lowest BCUT2D eigenvalue weighted by Gasteiger charge is -2.10. The molecule has 0 atom stereocenters. The van der Waals surface area contributed by atoms with Crippen molar-refractivity contribution < 1.29 is 0 Å². The minimum atomic E-state index is 0.927. The number of benzene rings is 5. The Morgan fingerprint density at radius 3 is 1.32 bits per heavy atom. The number of aryl methyl sites for hydroxylation is 4. The van der Waals surface area contributed by atoms with E-state index in [1.54, 1.807) is 0 Å². The van der Waals surface area contributed by atoms with Crippen molar-refractivity contribution in [3.05, 3.63) is 96.1 Å². The zero-order chi connectivity index (χ0) is 27.8. The molecule has 0 N–H and O–H groups in total. The van der Waals surface area contributed by atoms with Crippen molar-refractivity contribution in [2.24, 2.45) is 0 Å². The predicted octanol–water partition coefficient (Wildman–Crippen LogP) is 9.90. The zero-order valence-corrected chi connectivity index (χ0v) is 24.5. The topological polar surface area (TPSA) is 35.6 Å². The summed E-state index contributed by atoms with van der Waals surface area (Å²) in [5.74, 6) is 0. The fraction of sp³-hybridized carbons (Fsp3) is 0.167. The number of rotatable bonds is 4. The van der Waals surface area contributed by atoms with Crippen LogP contribution in [0.1, 0.15) is 25.0 Å². The molecular weight excluding hydrogens is 520 g/mol. The average Bonchev–Trinajstić information content (AvgIpc) is 3.68. The third kappa shape index (κ3) is 3.52. The summed E-state index contributed by atoms with van der Waals surface area (Å²) in [4.78, 5) is 0. The zero-order valence-electron chi connectivity index (χ0n) is 23.7. The maximum atomic E-state index is 4.82. The van der Waals surface area contributed by atoms with E-state index in [1.165, 1.54) is 77.6 Å². The molecular formula is C36H30N4S. The molecule has 0 saturated heterocycles. The Balaban J connectivity index is 1.30. The summed E-state index contributed by atoms with van der Waals surface area (Å²) in [6.07, 6.45) is 0. The van der Waals surface area contributed by atoms with Crippen molar-refractivity contribution in [2.75, 3.05) is 0 Å². The fourth-order valence-electron chi connectivity index (χ4n) is 6.76. The highest BCUT2D eigenvalue weighted by atomic mass is 32.1. The molecule has 3 heterocycles. The second kappa shape index (κ2) is 9.02. The molecule has 4 nitrogen and oxygen atoms in total. The van der Waals surface area contributed by atoms with Gasteiger partial charge in [0.05, 0.1) is 11.7 Å². The van der Waals surface area contributed by atoms with Crippen molar-refractivity contribution >= 4 is 66.4 Å². The summed E-state index contributed by atoms with van der Waals surface area (Å²) in [5, 5.41) is 5.21. The molecule has 0 spiro atoms. The van der Waals surface area contributed by atoms with E-state index in [-0.39, 0.29) is 0 Å². The lowest BCUT2D eigenvalue weighted by atomic mass is 9.96. The molecule has 5 heteroatoms. The standard InChI is InChI=1S/C36H30N4S/c1-5-39-31-17-21(3)7-11-27(31)29-13-9-23(19-33(29)39)25-15-16-26(36-35(25)37-41-38-36)24-10-14-30-28-12-8-22(4)18-32(28)40(6-2)34(30)20-24/h7-20H,5-6H2,1-4H3. The maximum Gasteiger partial charge on any atom is 0.113 e. The number of aromatic nitrogens is 4. The molecule has 0 unspecified atom stereocenters. The third-order valence-corrected chi connectivity index (χ3v) is 9.24. The summed E-state index contributed by atoms with van der Waals surface area (Å²) in [7, 11) is 0. The van der Waals surface area contributed by atoms with Crippen LogP contribution >= 0.6 is 11.7 Å². The first kappa shape index (κ1) is 24.3. The van der Waals surface area contributed by atoms with Gasteiger partial charge in [0.1, 0.15) is 11.0 Å². The van der Waals surface area contributed by atoms with Gasteiger partial charge in [-0.1, -0.05) is 60.7 Å². The second-order valence-electron chi connectivity index (χ2n) is 11.1. The van der Waals surface area contributed by atoms with Crippen molar-refractivity contribution in [3.8, 4) is 22.3 Å². The predicted molar refractivity (Wildman–Crippen MR) is 175 cm³/mol. The molecule has 200 valence electrons. The molecule has 0 bridgehead atoms. The van der Waals surface area contributed by atoms with Gasteiger partial charge in [0.15, 0.2) is 0 Å². The van der Waals surface area contributed by atoms with Crippen molar-refractivity contribution in [1.82, 2.24) is 17.9 Å². The summed E-state index contributed by atoms with van der Waals surface area (Å²) in [5.41, 5.74) is 14.2. The third-order valence-electron chi connectivity index (χ3n) is 8.72. The van der Waals surface area contributed by atoms with Crippen molar-refractivity contribution in [3.63, 3.8) is 0 Å². The highest BCUT2D eigenvalue weighted by Gasteiger charge is 2.17. The summed E-state index contributed by atoms with van der Waals surface area (Å²) >= 11 is 1.29. The van der Waals surface area contributed by atoms with Crippen LogP contribution in [0.3, 0.4) is 0 Å². The number of hydrogen-bond donors (Lipinski definition) is 0. The van der Waals surface area contributed by atoms with Gasteiger partial charge in [0.2, 0.25) is 0 Å². The van der Waals surface area contributed by atoms with Gasteiger partial charge in [0.25, 0.3) is 0 Å². The van der Waals surface area contributed by atoms with Crippen LogP contribution in [0.15, 0.2) is 84.9 Å². The molecule has 0 aliphatic rings. The van der Waals surface area contributed by atoms with Gasteiger partial charge in [-0.05, 0) is 74.2 Å². The van der Waals surface area contributed by atoms with Gasteiger partial charge in [0, 0.05) is 67.8 Å². The average molecular weight is 551 g/mol. The molecule has 8 rings (SSSR count). The molecule has 0 saturated carbocycles. The maximum absolute atomic E-state index is 4.82. The summed E-state index contributed by atoms with van der Waals surface area (Å²) in [6, 6.07) is 31.7. The van der Waals surface area contributed by atoms with E-state index < -0.39 is 0 Å². The Morgan fingerprint density at radius 2 is 0.902 bits per heavy atom. The van der Waals surface area contributed by atoms with E-state index in [1.807, 2.05) is 0 Å². The van der Waals surface area contributed by atoms with Crippen LogP contribution in [-0.2, 0) is 13.1 Å². The quantitative estimate of drug-likeness (QED) is 0.219. The molecule has 8 aromatic rings. The molecule has 0 fully saturated rings. The highest BCUT2D eigenvalue weighted by molar-refractivity contribution is 7.00. The molecule has 41 heavy (non-hydrogen) atoms. The molecule has 3 aromatic heterocycles. The van der Waals surface area contributed by atoms with Gasteiger partial charge in [-0.15, -0.1) is 0 Å². The number of nitrogens with zero attached hydrogens (tertiary/aromatic N) is 4. The Bertz CT molecular complexity index is 2150. The lowest BCUT2D eigenvalue weighted by Crippen LogP contribution is -1.94. The van der Waals surface area contributed by atoms with Crippen LogP contribution < -0.4 is 0 Å². The number of fused-ring (bicyclic) bond motifs is 7. The SMILES string of the molecule is CCn1c2cc(C)ccc2c2ccc(-c3ccc(-c4ccc5c6ccc(C)cc6n(CC)c5c4)c4nsnc34)cc21. The van der Waals surface area contributed by atoms with Crippen molar-refractivity contribution in [2.45, 2.75) is 40.8 Å². The van der Waals surface area contributed by atoms with Gasteiger partial charge >= 0.3 is 0 Å². The van der Waals surface area contributed by atoms with Crippen LogP contribution in [0.2, 0.25) is 0 Å². The molecule has 5 aromatic carbocycles. The van der Waals surface area contributed by atoms with Gasteiger partial charge in [-0.25, -0.2) is 0 Å². The monoisotopic (exact) mass is 550 g/mol. The molecule has 0 amide bonds. The van der Waals surface area contributed by atoms with Gasteiger partial charge in [-0.3, -0.25) is 0 Å². The fourth-order valence-corrected chi connectivity index (χ4v) is 7.33. The Morgan fingerprint density at radius 1 is 0.512 bits per heavy atom. The van der Waals surface area contributed by atoms with E-state index in [0.717, 1.165) is 35.2 Å². The van der Waals surface area contributed by atoms with E-state index >= 15 is 0 Å². The van der Waals surface area contributed by atoms with Crippen molar-refractivity contribution in [1.29, 1.82) is 0 Å². The first-order valence-electron chi connectivity index (χ1n) is 14.4. The van der Waals surface area contributed by atoms with Crippen LogP contribution in [0, 0.1) is 13.8 Å². The Hall–Kier alpha value is -4.48.